The molecule has 2 saturated heterocycles. The van der Waals surface area contributed by atoms with Crippen LogP contribution < -0.4 is 5.73 Å². The first-order valence-corrected chi connectivity index (χ1v) is 8.72. The van der Waals surface area contributed by atoms with Crippen LogP contribution in [0.3, 0.4) is 0 Å². The quantitative estimate of drug-likeness (QED) is 0.808. The van der Waals surface area contributed by atoms with Crippen LogP contribution in [0.2, 0.25) is 0 Å². The van der Waals surface area contributed by atoms with E-state index >= 15 is 0 Å². The number of aromatic nitrogens is 2. The van der Waals surface area contributed by atoms with Crippen molar-refractivity contribution in [3.8, 4) is 0 Å². The molecule has 3 heterocycles. The Morgan fingerprint density at radius 1 is 1.25 bits per heavy atom. The fourth-order valence-corrected chi connectivity index (χ4v) is 3.85. The van der Waals surface area contributed by atoms with E-state index in [4.69, 9.17) is 15.0 Å². The van der Waals surface area contributed by atoms with Crippen molar-refractivity contribution < 1.29 is 14.1 Å². The molecular formula is C16H27N5O3. The molecule has 8 heteroatoms. The third kappa shape index (κ3) is 3.60. The first-order valence-electron chi connectivity index (χ1n) is 8.72. The van der Waals surface area contributed by atoms with Gasteiger partial charge >= 0.3 is 0 Å². The van der Waals surface area contributed by atoms with Gasteiger partial charge in [-0.05, 0) is 38.8 Å². The van der Waals surface area contributed by atoms with Crippen molar-refractivity contribution in [2.24, 2.45) is 5.73 Å². The number of likely N-dealkylation sites (tertiary alicyclic amines) is 2. The summed E-state index contributed by atoms with van der Waals surface area (Å²) in [5, 5.41) is 3.88. The first kappa shape index (κ1) is 17.3. The molecule has 8 nitrogen and oxygen atoms in total. The number of ether oxygens (including phenoxy) is 1. The maximum absolute atomic E-state index is 12.2. The molecule has 0 aromatic carbocycles. The topological polar surface area (TPSA) is 97.7 Å². The molecule has 0 saturated carbocycles. The van der Waals surface area contributed by atoms with Gasteiger partial charge in [-0.25, -0.2) is 0 Å². The summed E-state index contributed by atoms with van der Waals surface area (Å²) in [7, 11) is 1.60. The molecule has 134 valence electrons. The average Bonchev–Trinajstić information content (AvgIpc) is 3.04. The predicted octanol–water partition coefficient (Wildman–Crippen LogP) is 0.522. The second-order valence-corrected chi connectivity index (χ2v) is 6.76. The number of hydrogen-bond acceptors (Lipinski definition) is 7. The van der Waals surface area contributed by atoms with Crippen LogP contribution in [-0.2, 0) is 22.7 Å². The van der Waals surface area contributed by atoms with Crippen molar-refractivity contribution in [3.05, 3.63) is 11.7 Å². The summed E-state index contributed by atoms with van der Waals surface area (Å²) in [6.45, 7) is 4.53. The molecule has 0 bridgehead atoms. The molecule has 0 spiro atoms. The van der Waals surface area contributed by atoms with Gasteiger partial charge in [0, 0.05) is 20.2 Å². The zero-order chi connectivity index (χ0) is 17.0. The van der Waals surface area contributed by atoms with E-state index in [0.717, 1.165) is 51.9 Å². The molecule has 1 aromatic rings. The van der Waals surface area contributed by atoms with Gasteiger partial charge in [0.05, 0.1) is 6.54 Å². The molecule has 0 unspecified atom stereocenters. The monoisotopic (exact) mass is 337 g/mol. The molecular weight excluding hydrogens is 310 g/mol. The van der Waals surface area contributed by atoms with Gasteiger partial charge in [0.2, 0.25) is 11.8 Å². The lowest BCUT2D eigenvalue weighted by Crippen LogP contribution is -2.63. The number of hydrogen-bond donors (Lipinski definition) is 1. The fourth-order valence-electron chi connectivity index (χ4n) is 3.85. The van der Waals surface area contributed by atoms with Gasteiger partial charge in [-0.15, -0.1) is 0 Å². The minimum absolute atomic E-state index is 0.177. The molecule has 3 rings (SSSR count). The molecule has 24 heavy (non-hydrogen) atoms. The van der Waals surface area contributed by atoms with Gasteiger partial charge in [-0.2, -0.15) is 4.98 Å². The van der Waals surface area contributed by atoms with Crippen LogP contribution in [0.25, 0.3) is 0 Å². The number of carbonyl (C=O) groups excluding carboxylic acids is 1. The van der Waals surface area contributed by atoms with Crippen molar-refractivity contribution in [1.29, 1.82) is 0 Å². The number of methoxy groups -OCH3 is 1. The zero-order valence-electron chi connectivity index (χ0n) is 14.4. The molecule has 2 aliphatic rings. The van der Waals surface area contributed by atoms with Crippen LogP contribution in [0.1, 0.15) is 43.8 Å². The Labute approximate surface area is 142 Å². The zero-order valence-corrected chi connectivity index (χ0v) is 14.4. The van der Waals surface area contributed by atoms with Gasteiger partial charge in [-0.1, -0.05) is 11.6 Å². The third-order valence-electron chi connectivity index (χ3n) is 5.25. The molecule has 2 fully saturated rings. The number of nitrogens with zero attached hydrogens (tertiary/aromatic N) is 4. The summed E-state index contributed by atoms with van der Waals surface area (Å²) < 4.78 is 10.2. The number of primary amides is 1. The minimum Gasteiger partial charge on any atom is -0.377 e. The smallest absolute Gasteiger partial charge is 0.240 e. The van der Waals surface area contributed by atoms with Crippen molar-refractivity contribution in [3.63, 3.8) is 0 Å². The molecule has 0 atom stereocenters. The van der Waals surface area contributed by atoms with Gasteiger partial charge in [0.25, 0.3) is 0 Å². The van der Waals surface area contributed by atoms with Crippen molar-refractivity contribution >= 4 is 5.91 Å². The highest BCUT2D eigenvalue weighted by Crippen LogP contribution is 2.31. The van der Waals surface area contributed by atoms with Crippen LogP contribution in [0, 0.1) is 0 Å². The highest BCUT2D eigenvalue weighted by molar-refractivity contribution is 5.84. The van der Waals surface area contributed by atoms with Crippen molar-refractivity contribution in [2.75, 3.05) is 33.3 Å². The normalized spacial score (nSPS) is 22.5. The number of rotatable bonds is 6. The van der Waals surface area contributed by atoms with E-state index in [1.807, 2.05) is 0 Å². The van der Waals surface area contributed by atoms with Gasteiger partial charge < -0.3 is 15.0 Å². The second kappa shape index (κ2) is 7.58. The lowest BCUT2D eigenvalue weighted by molar-refractivity contribution is -0.135. The van der Waals surface area contributed by atoms with Crippen molar-refractivity contribution in [2.45, 2.75) is 50.8 Å². The molecule has 1 aromatic heterocycles. The molecule has 2 N–H and O–H groups in total. The van der Waals surface area contributed by atoms with Crippen LogP contribution in [0.15, 0.2) is 4.52 Å². The lowest BCUT2D eigenvalue weighted by Gasteiger charge is -2.47. The maximum atomic E-state index is 12.2. The molecule has 0 aliphatic carbocycles. The van der Waals surface area contributed by atoms with Gasteiger partial charge in [0.1, 0.15) is 12.1 Å². The predicted molar refractivity (Wildman–Crippen MR) is 86.9 cm³/mol. The van der Waals surface area contributed by atoms with Crippen LogP contribution >= 0.6 is 0 Å². The Kier molecular flexibility index (Phi) is 5.47. The van der Waals surface area contributed by atoms with Crippen molar-refractivity contribution in [1.82, 2.24) is 19.9 Å². The SMILES string of the molecule is COCc1noc(CN2CCC(C(N)=O)(N3CCCCC3)CC2)n1. The summed E-state index contributed by atoms with van der Waals surface area (Å²) in [6, 6.07) is 0. The van der Waals surface area contributed by atoms with E-state index in [1.165, 1.54) is 6.42 Å². The molecule has 1 amide bonds. The van der Waals surface area contributed by atoms with E-state index in [0.29, 0.717) is 24.9 Å². The summed E-state index contributed by atoms with van der Waals surface area (Å²) >= 11 is 0. The van der Waals surface area contributed by atoms with Gasteiger partial charge in [-0.3, -0.25) is 14.6 Å². The maximum Gasteiger partial charge on any atom is 0.240 e. The highest BCUT2D eigenvalue weighted by atomic mass is 16.5. The largest absolute Gasteiger partial charge is 0.377 e. The number of carbonyl (C=O) groups is 1. The fraction of sp³-hybridized carbons (Fsp3) is 0.812. The summed E-state index contributed by atoms with van der Waals surface area (Å²) in [5.74, 6) is 0.972. The van der Waals surface area contributed by atoms with Crippen LogP contribution in [0.4, 0.5) is 0 Å². The number of piperidine rings is 2. The average molecular weight is 337 g/mol. The third-order valence-corrected chi connectivity index (χ3v) is 5.25. The summed E-state index contributed by atoms with van der Waals surface area (Å²) in [5.41, 5.74) is 5.33. The van der Waals surface area contributed by atoms with Crippen LogP contribution in [-0.4, -0.2) is 64.7 Å². The number of nitrogens with two attached hydrogens (primary N) is 1. The Morgan fingerprint density at radius 3 is 2.58 bits per heavy atom. The Balaban J connectivity index is 1.59. The van der Waals surface area contributed by atoms with E-state index in [2.05, 4.69) is 19.9 Å². The summed E-state index contributed by atoms with van der Waals surface area (Å²) in [4.78, 5) is 21.1. The molecule has 2 aliphatic heterocycles. The Hall–Kier alpha value is -1.51. The first-order chi connectivity index (χ1) is 11.6. The number of amides is 1. The second-order valence-electron chi connectivity index (χ2n) is 6.76. The van der Waals surface area contributed by atoms with Crippen LogP contribution in [0.5, 0.6) is 0 Å². The highest BCUT2D eigenvalue weighted by Gasteiger charge is 2.45. The Morgan fingerprint density at radius 2 is 1.96 bits per heavy atom. The van der Waals surface area contributed by atoms with E-state index in [-0.39, 0.29) is 5.91 Å². The van der Waals surface area contributed by atoms with E-state index < -0.39 is 5.54 Å². The van der Waals surface area contributed by atoms with Gasteiger partial charge in [0.15, 0.2) is 5.82 Å². The standard InChI is InChI=1S/C16H27N5O3/c1-23-12-13-18-14(24-19-13)11-20-9-5-16(6-10-20,15(17)22)21-7-3-2-4-8-21/h2-12H2,1H3,(H2,17,22). The Bertz CT molecular complexity index is 548. The van der Waals surface area contributed by atoms with E-state index in [9.17, 15) is 4.79 Å². The summed E-state index contributed by atoms with van der Waals surface area (Å²) in [6.07, 6.45) is 5.09. The lowest BCUT2D eigenvalue weighted by atomic mass is 9.83. The molecule has 0 radical (unpaired) electrons. The van der Waals surface area contributed by atoms with E-state index in [1.54, 1.807) is 7.11 Å². The minimum atomic E-state index is -0.479.